The van der Waals surface area contributed by atoms with Crippen molar-refractivity contribution in [3.8, 4) is 0 Å². The quantitative estimate of drug-likeness (QED) is 0.490. The van der Waals surface area contributed by atoms with Crippen LogP contribution in [0.2, 0.25) is 0 Å². The van der Waals surface area contributed by atoms with Gasteiger partial charge in [0.05, 0.1) is 5.75 Å². The van der Waals surface area contributed by atoms with Crippen LogP contribution in [0.15, 0.2) is 46.2 Å². The number of ketones is 1. The van der Waals surface area contributed by atoms with Crippen LogP contribution in [0.5, 0.6) is 0 Å². The lowest BCUT2D eigenvalue weighted by Gasteiger charge is -2.01. The number of nitrogens with zero attached hydrogens (tertiary/aromatic N) is 2. The second kappa shape index (κ2) is 6.11. The number of aryl methyl sites for hydroxylation is 1. The minimum atomic E-state index is 0.0811. The molecular weight excluding hydrogens is 312 g/mol. The Morgan fingerprint density at radius 1 is 1.28 bits per heavy atom. The monoisotopic (exact) mass is 322 g/mol. The summed E-state index contributed by atoms with van der Waals surface area (Å²) in [5, 5.41) is 0.639. The summed E-state index contributed by atoms with van der Waals surface area (Å²) in [7, 11) is 0. The average molecular weight is 323 g/mol. The maximum Gasteiger partial charge on any atom is 0.188 e. The number of carbonyl (C=O) groups is 1. The normalized spacial score (nSPS) is 10.3. The molecule has 0 aliphatic heterocycles. The molecule has 0 atom stereocenters. The lowest BCUT2D eigenvalue weighted by molar-refractivity contribution is 0.102. The molecule has 1 aromatic heterocycles. The molecule has 92 valence electrons. The van der Waals surface area contributed by atoms with Gasteiger partial charge in [-0.3, -0.25) is 4.79 Å². The van der Waals surface area contributed by atoms with E-state index in [4.69, 9.17) is 0 Å². The van der Waals surface area contributed by atoms with Crippen molar-refractivity contribution in [3.63, 3.8) is 0 Å². The Balaban J connectivity index is 1.98. The van der Waals surface area contributed by atoms with E-state index in [-0.39, 0.29) is 5.78 Å². The first-order chi connectivity index (χ1) is 8.65. The van der Waals surface area contributed by atoms with Crippen molar-refractivity contribution in [2.75, 3.05) is 5.75 Å². The Kier molecular flexibility index (Phi) is 4.49. The van der Waals surface area contributed by atoms with Crippen LogP contribution in [0.25, 0.3) is 0 Å². The number of thioether (sulfide) groups is 1. The first kappa shape index (κ1) is 13.2. The molecule has 2 aromatic rings. The number of rotatable bonds is 4. The van der Waals surface area contributed by atoms with Crippen LogP contribution in [0.1, 0.15) is 16.1 Å². The van der Waals surface area contributed by atoms with Gasteiger partial charge in [-0.2, -0.15) is 0 Å². The second-order valence-corrected chi connectivity index (χ2v) is 5.56. The molecule has 0 aliphatic carbocycles. The molecule has 1 heterocycles. The van der Waals surface area contributed by atoms with Crippen LogP contribution < -0.4 is 0 Å². The molecular formula is C13H11BrN2OS. The van der Waals surface area contributed by atoms with E-state index in [0.717, 1.165) is 10.2 Å². The Labute approximate surface area is 118 Å². The Morgan fingerprint density at radius 3 is 2.67 bits per heavy atom. The fourth-order valence-corrected chi connectivity index (χ4v) is 2.38. The Morgan fingerprint density at radius 2 is 2.00 bits per heavy atom. The maximum atomic E-state index is 11.9. The molecule has 3 nitrogen and oxygen atoms in total. The summed E-state index contributed by atoms with van der Waals surface area (Å²) in [4.78, 5) is 20.3. The minimum Gasteiger partial charge on any atom is -0.293 e. The molecule has 0 amide bonds. The first-order valence-electron chi connectivity index (χ1n) is 5.36. The fourth-order valence-electron chi connectivity index (χ4n) is 1.34. The van der Waals surface area contributed by atoms with E-state index in [1.807, 2.05) is 37.3 Å². The van der Waals surface area contributed by atoms with Gasteiger partial charge in [-0.25, -0.2) is 9.97 Å². The Bertz CT molecular complexity index is 557. The molecule has 0 unspecified atom stereocenters. The summed E-state index contributed by atoms with van der Waals surface area (Å²) in [6.07, 6.45) is 1.70. The molecule has 0 saturated carbocycles. The topological polar surface area (TPSA) is 42.9 Å². The van der Waals surface area contributed by atoms with E-state index >= 15 is 0 Å². The van der Waals surface area contributed by atoms with E-state index in [1.165, 1.54) is 11.8 Å². The first-order valence-corrected chi connectivity index (χ1v) is 7.14. The smallest absolute Gasteiger partial charge is 0.188 e. The van der Waals surface area contributed by atoms with Crippen molar-refractivity contribution in [1.82, 2.24) is 9.97 Å². The molecule has 0 spiro atoms. The number of benzene rings is 1. The summed E-state index contributed by atoms with van der Waals surface area (Å²) in [5.74, 6) is 0.433. The van der Waals surface area contributed by atoms with Crippen LogP contribution in [-0.2, 0) is 0 Å². The Hall–Kier alpha value is -1.20. The van der Waals surface area contributed by atoms with Gasteiger partial charge in [0.2, 0.25) is 0 Å². The van der Waals surface area contributed by atoms with E-state index in [1.54, 1.807) is 6.20 Å². The lowest BCUT2D eigenvalue weighted by Crippen LogP contribution is -2.03. The standard InChI is InChI=1S/C13H11BrN2OS/c1-9-6-7-15-13(16-9)18-8-12(17)10-2-4-11(14)5-3-10/h2-7H,8H2,1H3. The van der Waals surface area contributed by atoms with Crippen molar-refractivity contribution in [2.24, 2.45) is 0 Å². The van der Waals surface area contributed by atoms with E-state index in [2.05, 4.69) is 25.9 Å². The van der Waals surface area contributed by atoms with Crippen LogP contribution in [0.4, 0.5) is 0 Å². The number of carbonyl (C=O) groups excluding carboxylic acids is 1. The summed E-state index contributed by atoms with van der Waals surface area (Å²) in [6.45, 7) is 1.91. The second-order valence-electron chi connectivity index (χ2n) is 3.70. The summed E-state index contributed by atoms with van der Waals surface area (Å²) >= 11 is 4.70. The summed E-state index contributed by atoms with van der Waals surface area (Å²) in [6, 6.07) is 9.18. The highest BCUT2D eigenvalue weighted by Gasteiger charge is 2.07. The highest BCUT2D eigenvalue weighted by atomic mass is 79.9. The number of hydrogen-bond donors (Lipinski definition) is 0. The van der Waals surface area contributed by atoms with Gasteiger partial charge in [-0.05, 0) is 25.1 Å². The molecule has 0 aliphatic rings. The van der Waals surface area contributed by atoms with Gasteiger partial charge in [0.1, 0.15) is 0 Å². The van der Waals surface area contributed by atoms with Gasteiger partial charge < -0.3 is 0 Å². The molecule has 2 rings (SSSR count). The van der Waals surface area contributed by atoms with Crippen molar-refractivity contribution >= 4 is 33.5 Å². The number of hydrogen-bond acceptors (Lipinski definition) is 4. The largest absolute Gasteiger partial charge is 0.293 e. The predicted octanol–water partition coefficient (Wildman–Crippen LogP) is 3.52. The molecule has 5 heteroatoms. The average Bonchev–Trinajstić information content (AvgIpc) is 2.37. The van der Waals surface area contributed by atoms with Gasteiger partial charge in [0.15, 0.2) is 10.9 Å². The zero-order chi connectivity index (χ0) is 13.0. The predicted molar refractivity (Wildman–Crippen MR) is 76.0 cm³/mol. The van der Waals surface area contributed by atoms with Crippen LogP contribution in [-0.4, -0.2) is 21.5 Å². The van der Waals surface area contributed by atoms with Crippen LogP contribution in [0, 0.1) is 6.92 Å². The SMILES string of the molecule is Cc1ccnc(SCC(=O)c2ccc(Br)cc2)n1. The van der Waals surface area contributed by atoms with Gasteiger partial charge in [-0.15, -0.1) is 0 Å². The van der Waals surface area contributed by atoms with Gasteiger partial charge in [0.25, 0.3) is 0 Å². The molecule has 0 saturated heterocycles. The molecule has 0 bridgehead atoms. The zero-order valence-corrected chi connectivity index (χ0v) is 12.2. The van der Waals surface area contributed by atoms with E-state index in [0.29, 0.717) is 16.5 Å². The summed E-state index contributed by atoms with van der Waals surface area (Å²) < 4.78 is 0.966. The highest BCUT2D eigenvalue weighted by Crippen LogP contribution is 2.16. The van der Waals surface area contributed by atoms with Crippen LogP contribution >= 0.6 is 27.7 Å². The zero-order valence-electron chi connectivity index (χ0n) is 9.76. The summed E-state index contributed by atoms with van der Waals surface area (Å²) in [5.41, 5.74) is 1.61. The third-order valence-corrected chi connectivity index (χ3v) is 3.66. The lowest BCUT2D eigenvalue weighted by atomic mass is 10.2. The minimum absolute atomic E-state index is 0.0811. The number of aromatic nitrogens is 2. The molecule has 0 fully saturated rings. The van der Waals surface area contributed by atoms with E-state index < -0.39 is 0 Å². The molecule has 1 aromatic carbocycles. The molecule has 18 heavy (non-hydrogen) atoms. The van der Waals surface area contributed by atoms with Crippen molar-refractivity contribution in [1.29, 1.82) is 0 Å². The molecule has 0 N–H and O–H groups in total. The van der Waals surface area contributed by atoms with Crippen LogP contribution in [0.3, 0.4) is 0 Å². The third kappa shape index (κ3) is 3.65. The van der Waals surface area contributed by atoms with Crippen molar-refractivity contribution < 1.29 is 4.79 Å². The fraction of sp³-hybridized carbons (Fsp3) is 0.154. The number of halogens is 1. The third-order valence-electron chi connectivity index (χ3n) is 2.27. The highest BCUT2D eigenvalue weighted by molar-refractivity contribution is 9.10. The van der Waals surface area contributed by atoms with Crippen molar-refractivity contribution in [2.45, 2.75) is 12.1 Å². The van der Waals surface area contributed by atoms with Crippen molar-refractivity contribution in [3.05, 3.63) is 52.3 Å². The maximum absolute atomic E-state index is 11.9. The number of Topliss-reactive ketones (excluding diaryl/α,β-unsaturated/α-hetero) is 1. The van der Waals surface area contributed by atoms with Gasteiger partial charge >= 0.3 is 0 Å². The van der Waals surface area contributed by atoms with E-state index in [9.17, 15) is 4.79 Å². The van der Waals surface area contributed by atoms with Gasteiger partial charge in [-0.1, -0.05) is 39.8 Å². The molecule has 0 radical (unpaired) electrons. The van der Waals surface area contributed by atoms with Gasteiger partial charge in [0, 0.05) is 21.9 Å².